The summed E-state index contributed by atoms with van der Waals surface area (Å²) in [6.45, 7) is 4.66. The Balaban J connectivity index is 1.89. The van der Waals surface area contributed by atoms with Crippen LogP contribution in [0.1, 0.15) is 52.4 Å². The van der Waals surface area contributed by atoms with Crippen molar-refractivity contribution in [3.05, 3.63) is 0 Å². The second-order valence-corrected chi connectivity index (χ2v) is 6.42. The molecule has 0 bridgehead atoms. The highest BCUT2D eigenvalue weighted by atomic mass is 127. The predicted octanol–water partition coefficient (Wildman–Crippen LogP) is 4.19. The van der Waals surface area contributed by atoms with Gasteiger partial charge in [-0.25, -0.2) is 0 Å². The average molecular weight is 322 g/mol. The lowest BCUT2D eigenvalue weighted by atomic mass is 9.80. The van der Waals surface area contributed by atoms with Crippen LogP contribution in [0.5, 0.6) is 0 Å². The lowest BCUT2D eigenvalue weighted by Crippen LogP contribution is -2.41. The fourth-order valence-electron chi connectivity index (χ4n) is 2.63. The van der Waals surface area contributed by atoms with Crippen molar-refractivity contribution in [3.63, 3.8) is 0 Å². The minimum absolute atomic E-state index is 0.231. The molecule has 1 unspecified atom stereocenters. The van der Waals surface area contributed by atoms with Gasteiger partial charge in [0.25, 0.3) is 0 Å². The Morgan fingerprint density at radius 2 is 1.87 bits per heavy atom. The predicted molar refractivity (Wildman–Crippen MR) is 72.5 cm³/mol. The Morgan fingerprint density at radius 1 is 1.27 bits per heavy atom. The number of ether oxygens (including phenoxy) is 1. The van der Waals surface area contributed by atoms with Crippen molar-refractivity contribution in [2.75, 3.05) is 4.43 Å². The Bertz CT molecular complexity index is 205. The summed E-state index contributed by atoms with van der Waals surface area (Å²) in [4.78, 5) is 0. The van der Waals surface area contributed by atoms with E-state index in [0.717, 1.165) is 11.8 Å². The van der Waals surface area contributed by atoms with Crippen LogP contribution in [-0.4, -0.2) is 16.1 Å². The largest absolute Gasteiger partial charge is 0.371 e. The van der Waals surface area contributed by atoms with E-state index in [1.807, 2.05) is 0 Å². The molecule has 0 aromatic carbocycles. The van der Waals surface area contributed by atoms with Gasteiger partial charge in [0.1, 0.15) is 0 Å². The summed E-state index contributed by atoms with van der Waals surface area (Å²) in [5, 5.41) is 0. The van der Waals surface area contributed by atoms with Crippen LogP contribution in [-0.2, 0) is 4.74 Å². The van der Waals surface area contributed by atoms with E-state index in [-0.39, 0.29) is 5.60 Å². The van der Waals surface area contributed by atoms with Crippen LogP contribution in [0.25, 0.3) is 0 Å². The van der Waals surface area contributed by atoms with Gasteiger partial charge in [0.2, 0.25) is 0 Å². The maximum absolute atomic E-state index is 6.39. The van der Waals surface area contributed by atoms with Crippen molar-refractivity contribution in [2.45, 2.75) is 64.1 Å². The van der Waals surface area contributed by atoms with E-state index < -0.39 is 0 Å². The van der Waals surface area contributed by atoms with Crippen LogP contribution in [0.2, 0.25) is 0 Å². The Labute approximate surface area is 107 Å². The summed E-state index contributed by atoms with van der Waals surface area (Å²) < 4.78 is 7.57. The molecule has 0 aliphatic heterocycles. The summed E-state index contributed by atoms with van der Waals surface area (Å²) in [5.41, 5.74) is 0.231. The van der Waals surface area contributed by atoms with Crippen LogP contribution in [0.3, 0.4) is 0 Å². The van der Waals surface area contributed by atoms with Gasteiger partial charge in [-0.1, -0.05) is 29.5 Å². The number of hydrogen-bond acceptors (Lipinski definition) is 1. The van der Waals surface area contributed by atoms with Gasteiger partial charge < -0.3 is 4.74 Å². The van der Waals surface area contributed by atoms with E-state index in [0.29, 0.717) is 6.10 Å². The minimum atomic E-state index is 0.231. The molecule has 15 heavy (non-hydrogen) atoms. The Kier molecular flexibility index (Phi) is 3.98. The van der Waals surface area contributed by atoms with Crippen molar-refractivity contribution in [1.29, 1.82) is 0 Å². The molecule has 0 spiro atoms. The van der Waals surface area contributed by atoms with Crippen molar-refractivity contribution < 1.29 is 4.74 Å². The zero-order valence-electron chi connectivity index (χ0n) is 9.97. The Hall–Kier alpha value is 0.690. The molecule has 2 fully saturated rings. The standard InChI is InChI=1S/C13H23IO/c1-10-5-7-13(9-14,8-6-10)15-11(2)12-3-4-12/h10-12H,3-9H2,1-2H3. The van der Waals surface area contributed by atoms with E-state index in [2.05, 4.69) is 36.4 Å². The van der Waals surface area contributed by atoms with E-state index >= 15 is 0 Å². The van der Waals surface area contributed by atoms with E-state index in [1.165, 1.54) is 43.0 Å². The molecule has 0 saturated heterocycles. The zero-order chi connectivity index (χ0) is 10.9. The molecule has 2 aliphatic carbocycles. The molecule has 0 aromatic heterocycles. The van der Waals surface area contributed by atoms with E-state index in [1.54, 1.807) is 0 Å². The molecule has 0 heterocycles. The van der Waals surface area contributed by atoms with Gasteiger partial charge in [-0.2, -0.15) is 0 Å². The second kappa shape index (κ2) is 4.91. The van der Waals surface area contributed by atoms with Crippen LogP contribution < -0.4 is 0 Å². The van der Waals surface area contributed by atoms with Crippen molar-refractivity contribution >= 4 is 22.6 Å². The first kappa shape index (κ1) is 12.2. The number of rotatable bonds is 4. The smallest absolute Gasteiger partial charge is 0.0775 e. The molecule has 2 rings (SSSR count). The van der Waals surface area contributed by atoms with Crippen molar-refractivity contribution in [3.8, 4) is 0 Å². The first-order chi connectivity index (χ1) is 7.15. The molecular weight excluding hydrogens is 299 g/mol. The zero-order valence-corrected chi connectivity index (χ0v) is 12.1. The number of hydrogen-bond donors (Lipinski definition) is 0. The van der Waals surface area contributed by atoms with Crippen LogP contribution in [0.4, 0.5) is 0 Å². The average Bonchev–Trinajstić information content (AvgIpc) is 3.05. The summed E-state index contributed by atoms with van der Waals surface area (Å²) in [7, 11) is 0. The lowest BCUT2D eigenvalue weighted by molar-refractivity contribution is -0.103. The van der Waals surface area contributed by atoms with Gasteiger partial charge in [-0.05, 0) is 57.3 Å². The summed E-state index contributed by atoms with van der Waals surface area (Å²) in [6.07, 6.45) is 8.60. The van der Waals surface area contributed by atoms with Gasteiger partial charge in [0.15, 0.2) is 0 Å². The van der Waals surface area contributed by atoms with Gasteiger partial charge in [-0.3, -0.25) is 0 Å². The molecule has 0 N–H and O–H groups in total. The third-order valence-corrected chi connectivity index (χ3v) is 5.54. The fourth-order valence-corrected chi connectivity index (χ4v) is 3.57. The Morgan fingerprint density at radius 3 is 2.33 bits per heavy atom. The first-order valence-corrected chi connectivity index (χ1v) is 7.91. The molecule has 0 aromatic rings. The summed E-state index contributed by atoms with van der Waals surface area (Å²) >= 11 is 2.52. The van der Waals surface area contributed by atoms with Gasteiger partial charge in [0, 0.05) is 4.43 Å². The third-order valence-electron chi connectivity index (χ3n) is 4.15. The minimum Gasteiger partial charge on any atom is -0.371 e. The van der Waals surface area contributed by atoms with Gasteiger partial charge in [-0.15, -0.1) is 0 Å². The first-order valence-electron chi connectivity index (χ1n) is 6.39. The second-order valence-electron chi connectivity index (χ2n) is 5.66. The molecule has 0 amide bonds. The van der Waals surface area contributed by atoms with Crippen molar-refractivity contribution in [2.24, 2.45) is 11.8 Å². The fraction of sp³-hybridized carbons (Fsp3) is 1.00. The highest BCUT2D eigenvalue weighted by Crippen LogP contribution is 2.41. The highest BCUT2D eigenvalue weighted by Gasteiger charge is 2.39. The molecule has 2 aliphatic rings. The SMILES string of the molecule is CC1CCC(CI)(OC(C)C2CC2)CC1. The molecular formula is C13H23IO. The van der Waals surface area contributed by atoms with E-state index in [4.69, 9.17) is 4.74 Å². The lowest BCUT2D eigenvalue weighted by Gasteiger charge is -2.40. The molecule has 2 saturated carbocycles. The van der Waals surface area contributed by atoms with Crippen LogP contribution in [0.15, 0.2) is 0 Å². The summed E-state index contributed by atoms with van der Waals surface area (Å²) in [5.74, 6) is 1.80. The van der Waals surface area contributed by atoms with E-state index in [9.17, 15) is 0 Å². The molecule has 0 radical (unpaired) electrons. The topological polar surface area (TPSA) is 9.23 Å². The third kappa shape index (κ3) is 3.09. The maximum atomic E-state index is 6.39. The quantitative estimate of drug-likeness (QED) is 0.557. The van der Waals surface area contributed by atoms with Crippen molar-refractivity contribution in [1.82, 2.24) is 0 Å². The van der Waals surface area contributed by atoms with Crippen LogP contribution in [0, 0.1) is 11.8 Å². The maximum Gasteiger partial charge on any atom is 0.0775 e. The number of alkyl halides is 1. The molecule has 1 nitrogen and oxygen atoms in total. The van der Waals surface area contributed by atoms with Gasteiger partial charge in [0.05, 0.1) is 11.7 Å². The highest BCUT2D eigenvalue weighted by molar-refractivity contribution is 14.1. The normalized spacial score (nSPS) is 39.0. The number of halogens is 1. The summed E-state index contributed by atoms with van der Waals surface area (Å²) in [6, 6.07) is 0. The molecule has 2 heteroatoms. The molecule has 1 atom stereocenters. The van der Waals surface area contributed by atoms with Gasteiger partial charge >= 0.3 is 0 Å². The monoisotopic (exact) mass is 322 g/mol. The van der Waals surface area contributed by atoms with Crippen LogP contribution >= 0.6 is 22.6 Å². The molecule has 88 valence electrons.